The van der Waals surface area contributed by atoms with E-state index < -0.39 is 5.91 Å². The van der Waals surface area contributed by atoms with Crippen LogP contribution in [-0.2, 0) is 0 Å². The number of hydrogen-bond donors (Lipinski definition) is 3. The number of nitrogens with two attached hydrogens (primary N) is 2. The zero-order chi connectivity index (χ0) is 18.1. The van der Waals surface area contributed by atoms with Crippen LogP contribution in [0.4, 0.5) is 5.69 Å². The molecular formula is C18H15ClN4O2. The second-order valence-electron chi connectivity index (χ2n) is 5.53. The molecule has 126 valence electrons. The first-order valence-electron chi connectivity index (χ1n) is 7.40. The Kier molecular flexibility index (Phi) is 4.29. The summed E-state index contributed by atoms with van der Waals surface area (Å²) in [5, 5.41) is 10.3. The predicted molar refractivity (Wildman–Crippen MR) is 97.2 cm³/mol. The van der Waals surface area contributed by atoms with Gasteiger partial charge in [0.25, 0.3) is 5.91 Å². The Labute approximate surface area is 149 Å². The second kappa shape index (κ2) is 6.41. The number of aromatic hydroxyl groups is 1. The Bertz CT molecular complexity index is 989. The van der Waals surface area contributed by atoms with Gasteiger partial charge >= 0.3 is 0 Å². The number of phenols is 1. The van der Waals surface area contributed by atoms with Crippen LogP contribution in [0.3, 0.4) is 0 Å². The van der Waals surface area contributed by atoms with Gasteiger partial charge in [-0.05, 0) is 36.8 Å². The highest BCUT2D eigenvalue weighted by atomic mass is 35.5. The van der Waals surface area contributed by atoms with Gasteiger partial charge in [-0.25, -0.2) is 9.97 Å². The third-order valence-electron chi connectivity index (χ3n) is 3.74. The predicted octanol–water partition coefficient (Wildman–Crippen LogP) is 3.16. The van der Waals surface area contributed by atoms with Crippen LogP contribution in [0.15, 0.2) is 42.5 Å². The van der Waals surface area contributed by atoms with Crippen molar-refractivity contribution in [1.29, 1.82) is 0 Å². The number of halogens is 1. The number of primary amides is 1. The van der Waals surface area contributed by atoms with Crippen LogP contribution in [0.25, 0.3) is 22.6 Å². The molecule has 0 unspecified atom stereocenters. The molecule has 0 bridgehead atoms. The summed E-state index contributed by atoms with van der Waals surface area (Å²) in [6, 6.07) is 11.7. The Balaban J connectivity index is 2.31. The smallest absolute Gasteiger partial charge is 0.269 e. The van der Waals surface area contributed by atoms with Crippen molar-refractivity contribution in [2.75, 3.05) is 5.73 Å². The lowest BCUT2D eigenvalue weighted by molar-refractivity contribution is 0.0996. The lowest BCUT2D eigenvalue weighted by Gasteiger charge is -2.13. The van der Waals surface area contributed by atoms with E-state index in [4.69, 9.17) is 23.1 Å². The second-order valence-corrected chi connectivity index (χ2v) is 5.97. The molecule has 1 amide bonds. The molecule has 25 heavy (non-hydrogen) atoms. The normalized spacial score (nSPS) is 10.6. The molecule has 0 radical (unpaired) electrons. The highest BCUT2D eigenvalue weighted by Crippen LogP contribution is 2.33. The van der Waals surface area contributed by atoms with Crippen LogP contribution < -0.4 is 11.5 Å². The maximum atomic E-state index is 11.8. The van der Waals surface area contributed by atoms with Crippen molar-refractivity contribution in [2.24, 2.45) is 5.73 Å². The van der Waals surface area contributed by atoms with E-state index in [9.17, 15) is 9.90 Å². The van der Waals surface area contributed by atoms with Crippen LogP contribution in [0, 0.1) is 6.92 Å². The largest absolute Gasteiger partial charge is 0.508 e. The molecule has 0 aliphatic rings. The van der Waals surface area contributed by atoms with Gasteiger partial charge in [0.2, 0.25) is 0 Å². The van der Waals surface area contributed by atoms with Gasteiger partial charge in [-0.3, -0.25) is 4.79 Å². The number of amides is 1. The van der Waals surface area contributed by atoms with Gasteiger partial charge in [-0.15, -0.1) is 0 Å². The van der Waals surface area contributed by atoms with E-state index in [1.54, 1.807) is 36.4 Å². The molecule has 1 heterocycles. The fourth-order valence-corrected chi connectivity index (χ4v) is 2.67. The molecule has 2 aromatic carbocycles. The van der Waals surface area contributed by atoms with Gasteiger partial charge in [-0.1, -0.05) is 29.8 Å². The molecule has 1 aromatic heterocycles. The fourth-order valence-electron chi connectivity index (χ4n) is 2.48. The van der Waals surface area contributed by atoms with Crippen LogP contribution in [0.5, 0.6) is 5.75 Å². The standard InChI is InChI=1S/C18H15ClN4O2/c1-9-5-6-12(24)8-13(9)15-14(20)16(17(21)25)23-18(22-15)10-3-2-4-11(19)7-10/h2-8,24H,20H2,1H3,(H2,21,25). The molecule has 3 aromatic rings. The number of nitrogen functional groups attached to an aromatic ring is 1. The van der Waals surface area contributed by atoms with Gasteiger partial charge in [-0.2, -0.15) is 0 Å². The van der Waals surface area contributed by atoms with Crippen molar-refractivity contribution < 1.29 is 9.90 Å². The van der Waals surface area contributed by atoms with Gasteiger partial charge in [0.1, 0.15) is 5.75 Å². The number of hydrogen-bond acceptors (Lipinski definition) is 5. The molecule has 7 heteroatoms. The van der Waals surface area contributed by atoms with Gasteiger partial charge in [0, 0.05) is 16.1 Å². The average molecular weight is 355 g/mol. The maximum Gasteiger partial charge on any atom is 0.269 e. The summed E-state index contributed by atoms with van der Waals surface area (Å²) in [6.07, 6.45) is 0. The third-order valence-corrected chi connectivity index (χ3v) is 3.97. The number of benzene rings is 2. The molecule has 0 atom stereocenters. The summed E-state index contributed by atoms with van der Waals surface area (Å²) >= 11 is 6.03. The molecule has 0 saturated heterocycles. The SMILES string of the molecule is Cc1ccc(O)cc1-c1nc(-c2cccc(Cl)c2)nc(C(N)=O)c1N. The summed E-state index contributed by atoms with van der Waals surface area (Å²) in [7, 11) is 0. The topological polar surface area (TPSA) is 115 Å². The van der Waals surface area contributed by atoms with Crippen LogP contribution in [-0.4, -0.2) is 21.0 Å². The number of carbonyl (C=O) groups excluding carboxylic acids is 1. The number of rotatable bonds is 3. The van der Waals surface area contributed by atoms with Crippen molar-refractivity contribution in [1.82, 2.24) is 9.97 Å². The lowest BCUT2D eigenvalue weighted by Crippen LogP contribution is -2.18. The summed E-state index contributed by atoms with van der Waals surface area (Å²) in [4.78, 5) is 20.5. The molecular weight excluding hydrogens is 340 g/mol. The molecule has 6 nitrogen and oxygen atoms in total. The van der Waals surface area contributed by atoms with E-state index in [0.29, 0.717) is 21.8 Å². The zero-order valence-corrected chi connectivity index (χ0v) is 14.1. The van der Waals surface area contributed by atoms with E-state index in [0.717, 1.165) is 5.56 Å². The Morgan fingerprint density at radius 2 is 1.92 bits per heavy atom. The Hall–Kier alpha value is -3.12. The van der Waals surface area contributed by atoms with E-state index in [2.05, 4.69) is 9.97 Å². The van der Waals surface area contributed by atoms with Crippen molar-refractivity contribution >= 4 is 23.2 Å². The number of nitrogens with zero attached hydrogens (tertiary/aromatic N) is 2. The Morgan fingerprint density at radius 3 is 2.60 bits per heavy atom. The molecule has 0 saturated carbocycles. The van der Waals surface area contributed by atoms with Crippen molar-refractivity contribution in [2.45, 2.75) is 6.92 Å². The monoisotopic (exact) mass is 354 g/mol. The summed E-state index contributed by atoms with van der Waals surface area (Å²) < 4.78 is 0. The first-order chi connectivity index (χ1) is 11.9. The number of aryl methyl sites for hydroxylation is 1. The van der Waals surface area contributed by atoms with Crippen LogP contribution in [0.1, 0.15) is 16.1 Å². The number of aromatic nitrogens is 2. The zero-order valence-electron chi connectivity index (χ0n) is 13.3. The van der Waals surface area contributed by atoms with E-state index >= 15 is 0 Å². The van der Waals surface area contributed by atoms with Crippen molar-refractivity contribution in [3.8, 4) is 28.4 Å². The highest BCUT2D eigenvalue weighted by molar-refractivity contribution is 6.30. The third kappa shape index (κ3) is 3.25. The molecule has 0 spiro atoms. The summed E-state index contributed by atoms with van der Waals surface area (Å²) in [5.74, 6) is -0.436. The number of anilines is 1. The first-order valence-corrected chi connectivity index (χ1v) is 7.78. The molecule has 5 N–H and O–H groups in total. The van der Waals surface area contributed by atoms with E-state index in [1.165, 1.54) is 6.07 Å². The summed E-state index contributed by atoms with van der Waals surface area (Å²) in [6.45, 7) is 1.85. The Morgan fingerprint density at radius 1 is 1.16 bits per heavy atom. The van der Waals surface area contributed by atoms with E-state index in [-0.39, 0.29) is 23.0 Å². The minimum Gasteiger partial charge on any atom is -0.508 e. The highest BCUT2D eigenvalue weighted by Gasteiger charge is 2.19. The summed E-state index contributed by atoms with van der Waals surface area (Å²) in [5.41, 5.74) is 13.8. The van der Waals surface area contributed by atoms with Gasteiger partial charge < -0.3 is 16.6 Å². The van der Waals surface area contributed by atoms with Crippen LogP contribution >= 0.6 is 11.6 Å². The van der Waals surface area contributed by atoms with Crippen LogP contribution in [0.2, 0.25) is 5.02 Å². The molecule has 0 fully saturated rings. The van der Waals surface area contributed by atoms with Gasteiger partial charge in [0.05, 0.1) is 11.4 Å². The van der Waals surface area contributed by atoms with Crippen molar-refractivity contribution in [3.05, 3.63) is 58.7 Å². The molecule has 0 aliphatic heterocycles. The lowest BCUT2D eigenvalue weighted by atomic mass is 10.0. The maximum absolute atomic E-state index is 11.8. The average Bonchev–Trinajstić information content (AvgIpc) is 2.57. The van der Waals surface area contributed by atoms with Gasteiger partial charge in [0.15, 0.2) is 11.5 Å². The van der Waals surface area contributed by atoms with E-state index in [1.807, 2.05) is 6.92 Å². The number of phenolic OH excluding ortho intramolecular Hbond substituents is 1. The quantitative estimate of drug-likeness (QED) is 0.668. The minimum atomic E-state index is -0.762. The minimum absolute atomic E-state index is 0.0588. The fraction of sp³-hybridized carbons (Fsp3) is 0.0556. The van der Waals surface area contributed by atoms with Crippen molar-refractivity contribution in [3.63, 3.8) is 0 Å². The molecule has 3 rings (SSSR count). The first kappa shape index (κ1) is 16.7. The number of carbonyl (C=O) groups is 1. The molecule has 0 aliphatic carbocycles.